The van der Waals surface area contributed by atoms with Gasteiger partial charge in [-0.05, 0) is 37.6 Å². The first-order valence-electron chi connectivity index (χ1n) is 6.88. The van der Waals surface area contributed by atoms with Gasteiger partial charge in [0, 0.05) is 16.3 Å². The zero-order chi connectivity index (χ0) is 15.0. The summed E-state index contributed by atoms with van der Waals surface area (Å²) in [6, 6.07) is 13.4. The second kappa shape index (κ2) is 5.41. The van der Waals surface area contributed by atoms with Crippen LogP contribution in [-0.4, -0.2) is 12.0 Å². The van der Waals surface area contributed by atoms with E-state index < -0.39 is 6.10 Å². The molecule has 0 aliphatic carbocycles. The Hall–Kier alpha value is -2.00. The van der Waals surface area contributed by atoms with Crippen LogP contribution in [0.2, 0.25) is 5.02 Å². The van der Waals surface area contributed by atoms with Crippen molar-refractivity contribution < 1.29 is 9.53 Å². The van der Waals surface area contributed by atoms with Crippen molar-refractivity contribution in [1.29, 1.82) is 0 Å². The molecule has 108 valence electrons. The number of aryl methyl sites for hydroxylation is 1. The summed E-state index contributed by atoms with van der Waals surface area (Å²) >= 11 is 6.19. The summed E-state index contributed by atoms with van der Waals surface area (Å²) in [7, 11) is 0. The predicted octanol–water partition coefficient (Wildman–Crippen LogP) is 3.96. The number of hydrogen-bond acceptors (Lipinski definition) is 2. The molecule has 0 radical (unpaired) electrons. The molecule has 3 rings (SSSR count). The molecule has 1 amide bonds. The maximum absolute atomic E-state index is 12.6. The number of halogens is 1. The summed E-state index contributed by atoms with van der Waals surface area (Å²) in [6.45, 7) is 4.20. The highest BCUT2D eigenvalue weighted by Gasteiger charge is 2.28. The quantitative estimate of drug-likeness (QED) is 0.798. The van der Waals surface area contributed by atoms with E-state index in [0.29, 0.717) is 11.6 Å². The van der Waals surface area contributed by atoms with Gasteiger partial charge < -0.3 is 9.64 Å². The van der Waals surface area contributed by atoms with Crippen molar-refractivity contribution >= 4 is 23.2 Å². The van der Waals surface area contributed by atoms with Crippen LogP contribution in [0.1, 0.15) is 18.1 Å². The third-order valence-corrected chi connectivity index (χ3v) is 4.09. The van der Waals surface area contributed by atoms with Crippen LogP contribution >= 0.6 is 11.6 Å². The molecule has 1 atom stereocenters. The molecule has 0 bridgehead atoms. The van der Waals surface area contributed by atoms with Gasteiger partial charge in [-0.1, -0.05) is 35.9 Å². The molecule has 3 nitrogen and oxygen atoms in total. The fourth-order valence-corrected chi connectivity index (χ4v) is 2.60. The molecule has 0 saturated carbocycles. The number of benzene rings is 2. The van der Waals surface area contributed by atoms with Crippen LogP contribution in [-0.2, 0) is 11.3 Å². The minimum absolute atomic E-state index is 0.0638. The third kappa shape index (κ3) is 2.61. The van der Waals surface area contributed by atoms with Gasteiger partial charge in [0.2, 0.25) is 0 Å². The first-order valence-corrected chi connectivity index (χ1v) is 7.26. The van der Waals surface area contributed by atoms with E-state index in [-0.39, 0.29) is 5.91 Å². The molecular formula is C17H16ClNO2. The maximum Gasteiger partial charge on any atom is 0.268 e. The Morgan fingerprint density at radius 2 is 2.00 bits per heavy atom. The van der Waals surface area contributed by atoms with Crippen molar-refractivity contribution in [2.24, 2.45) is 0 Å². The van der Waals surface area contributed by atoms with E-state index >= 15 is 0 Å². The second-order valence-corrected chi connectivity index (χ2v) is 5.63. The Labute approximate surface area is 129 Å². The summed E-state index contributed by atoms with van der Waals surface area (Å²) in [4.78, 5) is 14.3. The van der Waals surface area contributed by atoms with Crippen molar-refractivity contribution in [1.82, 2.24) is 0 Å². The molecule has 0 N–H and O–H groups in total. The number of fused-ring (bicyclic) bond motifs is 1. The SMILES string of the molecule is Cc1ccc(N2Cc3ccccc3O[C@H](C)C2=O)cc1Cl. The highest BCUT2D eigenvalue weighted by Crippen LogP contribution is 2.30. The Balaban J connectivity index is 2.04. The lowest BCUT2D eigenvalue weighted by atomic mass is 10.1. The predicted molar refractivity (Wildman–Crippen MR) is 83.9 cm³/mol. The molecule has 1 aliphatic rings. The number of amides is 1. The highest BCUT2D eigenvalue weighted by atomic mass is 35.5. The number of carbonyl (C=O) groups excluding carboxylic acids is 1. The van der Waals surface area contributed by atoms with Gasteiger partial charge in [-0.15, -0.1) is 0 Å². The summed E-state index contributed by atoms with van der Waals surface area (Å²) in [5.41, 5.74) is 2.78. The molecule has 0 aromatic heterocycles. The summed E-state index contributed by atoms with van der Waals surface area (Å²) in [5, 5.41) is 0.659. The fraction of sp³-hybridized carbons (Fsp3) is 0.235. The first kappa shape index (κ1) is 14.0. The maximum atomic E-state index is 12.6. The van der Waals surface area contributed by atoms with Crippen LogP contribution in [0.15, 0.2) is 42.5 Å². The molecule has 0 fully saturated rings. The number of rotatable bonds is 1. The van der Waals surface area contributed by atoms with Gasteiger partial charge in [0.1, 0.15) is 5.75 Å². The van der Waals surface area contributed by atoms with E-state index in [9.17, 15) is 4.79 Å². The van der Waals surface area contributed by atoms with Crippen molar-refractivity contribution in [3.05, 3.63) is 58.6 Å². The van der Waals surface area contributed by atoms with Crippen LogP contribution in [0, 0.1) is 6.92 Å². The minimum atomic E-state index is -0.520. The summed E-state index contributed by atoms with van der Waals surface area (Å²) < 4.78 is 5.75. The molecular weight excluding hydrogens is 286 g/mol. The zero-order valence-corrected chi connectivity index (χ0v) is 12.7. The van der Waals surface area contributed by atoms with E-state index in [1.165, 1.54) is 0 Å². The molecule has 0 spiro atoms. The van der Waals surface area contributed by atoms with E-state index in [2.05, 4.69) is 0 Å². The lowest BCUT2D eigenvalue weighted by molar-refractivity contribution is -0.124. The van der Waals surface area contributed by atoms with Gasteiger partial charge in [-0.2, -0.15) is 0 Å². The van der Waals surface area contributed by atoms with Crippen molar-refractivity contribution in [2.75, 3.05) is 4.90 Å². The fourth-order valence-electron chi connectivity index (χ4n) is 2.43. The average molecular weight is 302 g/mol. The van der Waals surface area contributed by atoms with Gasteiger partial charge in [0.15, 0.2) is 6.10 Å². The smallest absolute Gasteiger partial charge is 0.268 e. The normalized spacial score (nSPS) is 18.0. The van der Waals surface area contributed by atoms with Crippen LogP contribution in [0.3, 0.4) is 0 Å². The first-order chi connectivity index (χ1) is 10.1. The average Bonchev–Trinajstić information content (AvgIpc) is 2.60. The topological polar surface area (TPSA) is 29.5 Å². The zero-order valence-electron chi connectivity index (χ0n) is 12.0. The Morgan fingerprint density at radius 3 is 2.76 bits per heavy atom. The molecule has 21 heavy (non-hydrogen) atoms. The summed E-state index contributed by atoms with van der Waals surface area (Å²) in [5.74, 6) is 0.699. The number of anilines is 1. The number of ether oxygens (including phenoxy) is 1. The lowest BCUT2D eigenvalue weighted by Gasteiger charge is -2.22. The van der Waals surface area contributed by atoms with Crippen LogP contribution in [0.5, 0.6) is 5.75 Å². The van der Waals surface area contributed by atoms with Crippen molar-refractivity contribution in [3.8, 4) is 5.75 Å². The molecule has 2 aromatic rings. The highest BCUT2D eigenvalue weighted by molar-refractivity contribution is 6.31. The molecule has 1 heterocycles. The van der Waals surface area contributed by atoms with Crippen molar-refractivity contribution in [3.63, 3.8) is 0 Å². The standard InChI is InChI=1S/C17H16ClNO2/c1-11-7-8-14(9-15(11)18)19-10-13-5-3-4-6-16(13)21-12(2)17(19)20/h3-9,12H,10H2,1-2H3/t12-/m1/s1. The molecule has 4 heteroatoms. The van der Waals surface area contributed by atoms with E-state index in [0.717, 1.165) is 22.6 Å². The second-order valence-electron chi connectivity index (χ2n) is 5.23. The number of para-hydroxylation sites is 1. The monoisotopic (exact) mass is 301 g/mol. The Morgan fingerprint density at radius 1 is 1.24 bits per heavy atom. The van der Waals surface area contributed by atoms with Gasteiger partial charge in [-0.3, -0.25) is 4.79 Å². The molecule has 1 aliphatic heterocycles. The Kier molecular flexibility index (Phi) is 3.60. The number of carbonyl (C=O) groups is 1. The molecule has 0 unspecified atom stereocenters. The molecule has 0 saturated heterocycles. The Bertz CT molecular complexity index is 699. The number of nitrogens with zero attached hydrogens (tertiary/aromatic N) is 1. The largest absolute Gasteiger partial charge is 0.481 e. The van der Waals surface area contributed by atoms with E-state index in [4.69, 9.17) is 16.3 Å². The number of hydrogen-bond donors (Lipinski definition) is 0. The van der Waals surface area contributed by atoms with E-state index in [1.807, 2.05) is 49.4 Å². The third-order valence-electron chi connectivity index (χ3n) is 3.69. The van der Waals surface area contributed by atoms with Gasteiger partial charge in [0.05, 0.1) is 6.54 Å². The van der Waals surface area contributed by atoms with Gasteiger partial charge >= 0.3 is 0 Å². The molecule has 2 aromatic carbocycles. The van der Waals surface area contributed by atoms with Gasteiger partial charge in [-0.25, -0.2) is 0 Å². The van der Waals surface area contributed by atoms with Crippen LogP contribution in [0.25, 0.3) is 0 Å². The van der Waals surface area contributed by atoms with Crippen LogP contribution < -0.4 is 9.64 Å². The van der Waals surface area contributed by atoms with E-state index in [1.54, 1.807) is 11.8 Å². The lowest BCUT2D eigenvalue weighted by Crippen LogP contribution is -2.38. The minimum Gasteiger partial charge on any atom is -0.481 e. The van der Waals surface area contributed by atoms with Crippen molar-refractivity contribution in [2.45, 2.75) is 26.5 Å². The van der Waals surface area contributed by atoms with Gasteiger partial charge in [0.25, 0.3) is 5.91 Å². The summed E-state index contributed by atoms with van der Waals surface area (Å²) in [6.07, 6.45) is -0.520. The van der Waals surface area contributed by atoms with Crippen LogP contribution in [0.4, 0.5) is 5.69 Å².